The number of Topliss-reactive ketones (excluding diaryl/α,β-unsaturated/α-hetero) is 1. The second-order valence-electron chi connectivity index (χ2n) is 9.18. The van der Waals surface area contributed by atoms with Gasteiger partial charge in [-0.3, -0.25) is 19.1 Å². The number of carbonyl (C=O) groups is 3. The van der Waals surface area contributed by atoms with E-state index in [1.54, 1.807) is 39.5 Å². The molecule has 1 aromatic carbocycles. The Labute approximate surface area is 209 Å². The number of benzene rings is 1. The highest BCUT2D eigenvalue weighted by Gasteiger charge is 2.64. The van der Waals surface area contributed by atoms with Crippen LogP contribution in [0.15, 0.2) is 45.9 Å². The van der Waals surface area contributed by atoms with Crippen molar-refractivity contribution in [3.63, 3.8) is 0 Å². The lowest BCUT2D eigenvalue weighted by atomic mass is 10.0. The third kappa shape index (κ3) is 4.02. The Morgan fingerprint density at radius 2 is 2.03 bits per heavy atom. The van der Waals surface area contributed by atoms with Gasteiger partial charge in [0, 0.05) is 23.2 Å². The van der Waals surface area contributed by atoms with E-state index in [2.05, 4.69) is 38.3 Å². The number of pyridine rings is 1. The summed E-state index contributed by atoms with van der Waals surface area (Å²) in [5.74, 6) is -0.136. The van der Waals surface area contributed by atoms with Crippen LogP contribution in [0.25, 0.3) is 10.9 Å². The first kappa shape index (κ1) is 23.0. The molecule has 0 unspecified atom stereocenters. The molecule has 10 heteroatoms. The lowest BCUT2D eigenvalue weighted by Crippen LogP contribution is -2.46. The molecule has 1 saturated heterocycles. The normalized spacial score (nSPS) is 23.1. The molecular formula is C24H24BrN5O3S. The summed E-state index contributed by atoms with van der Waals surface area (Å²) in [5, 5.41) is 8.05. The minimum absolute atomic E-state index is 0.0297. The molecule has 2 amide bonds. The number of hydrogen-bond acceptors (Lipinski definition) is 6. The summed E-state index contributed by atoms with van der Waals surface area (Å²) < 4.78 is 2.22. The number of likely N-dealkylation sites (tertiary alicyclic amines) is 1. The topological polar surface area (TPSA) is 97.2 Å². The largest absolute Gasteiger partial charge is 0.325 e. The van der Waals surface area contributed by atoms with Gasteiger partial charge in [-0.05, 0) is 70.8 Å². The molecule has 0 spiro atoms. The van der Waals surface area contributed by atoms with E-state index in [-0.39, 0.29) is 35.6 Å². The van der Waals surface area contributed by atoms with Crippen LogP contribution in [0.1, 0.15) is 37.2 Å². The number of halogens is 1. The summed E-state index contributed by atoms with van der Waals surface area (Å²) in [4.78, 5) is 45.9. The maximum Gasteiger partial charge on any atom is 0.248 e. The fraction of sp³-hybridized carbons (Fsp3) is 0.375. The fourth-order valence-corrected chi connectivity index (χ4v) is 5.70. The van der Waals surface area contributed by atoms with Gasteiger partial charge in [0.2, 0.25) is 11.8 Å². The van der Waals surface area contributed by atoms with Gasteiger partial charge in [-0.2, -0.15) is 5.10 Å². The summed E-state index contributed by atoms with van der Waals surface area (Å²) in [7, 11) is 0. The molecule has 1 N–H and O–H groups in total. The first-order chi connectivity index (χ1) is 16.2. The number of amides is 2. The molecule has 2 aliphatic rings. The van der Waals surface area contributed by atoms with Crippen LogP contribution in [-0.2, 0) is 16.1 Å². The van der Waals surface area contributed by atoms with E-state index in [9.17, 15) is 14.4 Å². The van der Waals surface area contributed by atoms with Crippen LogP contribution >= 0.6 is 27.7 Å². The lowest BCUT2D eigenvalue weighted by Gasteiger charge is -2.26. The molecule has 0 bridgehead atoms. The number of rotatable bonds is 6. The van der Waals surface area contributed by atoms with E-state index >= 15 is 0 Å². The van der Waals surface area contributed by atoms with E-state index in [0.717, 1.165) is 22.2 Å². The number of carbonyl (C=O) groups excluding carboxylic acids is 3. The first-order valence-corrected chi connectivity index (χ1v) is 13.0. The highest BCUT2D eigenvalue weighted by Crippen LogP contribution is 2.59. The molecule has 3 atom stereocenters. The summed E-state index contributed by atoms with van der Waals surface area (Å²) in [5.41, 5.74) is 1.04. The second kappa shape index (κ2) is 8.49. The molecule has 5 rings (SSSR count). The zero-order chi connectivity index (χ0) is 24.2. The van der Waals surface area contributed by atoms with Crippen molar-refractivity contribution in [1.82, 2.24) is 19.7 Å². The first-order valence-electron chi connectivity index (χ1n) is 11.0. The molecule has 8 nitrogen and oxygen atoms in total. The SMILES string of the molecule is CSc1ccc2c(C(C)=O)nn(CC(=O)N3[C@H](C(=O)Nc4cccc(Br)n4)C[C@@]4(C)C[C@@H]34)c2c1. The molecule has 3 aromatic rings. The minimum Gasteiger partial charge on any atom is -0.325 e. The zero-order valence-electron chi connectivity index (χ0n) is 19.0. The Morgan fingerprint density at radius 1 is 1.24 bits per heavy atom. The van der Waals surface area contributed by atoms with Crippen molar-refractivity contribution in [3.05, 3.63) is 46.7 Å². The molecular weight excluding hydrogens is 518 g/mol. The molecule has 2 aromatic heterocycles. The predicted molar refractivity (Wildman–Crippen MR) is 134 cm³/mol. The Morgan fingerprint density at radius 3 is 2.74 bits per heavy atom. The van der Waals surface area contributed by atoms with Crippen molar-refractivity contribution in [2.24, 2.45) is 5.41 Å². The van der Waals surface area contributed by atoms with Gasteiger partial charge in [-0.25, -0.2) is 4.98 Å². The van der Waals surface area contributed by atoms with Crippen molar-refractivity contribution in [2.45, 2.75) is 50.2 Å². The molecule has 34 heavy (non-hydrogen) atoms. The van der Waals surface area contributed by atoms with Crippen molar-refractivity contribution < 1.29 is 14.4 Å². The molecule has 176 valence electrons. The zero-order valence-corrected chi connectivity index (χ0v) is 21.4. The van der Waals surface area contributed by atoms with Gasteiger partial charge >= 0.3 is 0 Å². The Bertz CT molecular complexity index is 1340. The van der Waals surface area contributed by atoms with Gasteiger partial charge in [-0.1, -0.05) is 13.0 Å². The Hall–Kier alpha value is -2.72. The predicted octanol–water partition coefficient (Wildman–Crippen LogP) is 4.14. The van der Waals surface area contributed by atoms with Gasteiger partial charge in [-0.15, -0.1) is 11.8 Å². The molecule has 1 aliphatic carbocycles. The lowest BCUT2D eigenvalue weighted by molar-refractivity contribution is -0.138. The van der Waals surface area contributed by atoms with Crippen LogP contribution in [-0.4, -0.2) is 55.6 Å². The van der Waals surface area contributed by atoms with Crippen molar-refractivity contribution in [2.75, 3.05) is 11.6 Å². The highest BCUT2D eigenvalue weighted by atomic mass is 79.9. The van der Waals surface area contributed by atoms with Gasteiger partial charge in [0.05, 0.1) is 5.52 Å². The van der Waals surface area contributed by atoms with Crippen LogP contribution in [0.3, 0.4) is 0 Å². The van der Waals surface area contributed by atoms with Gasteiger partial charge in [0.15, 0.2) is 5.78 Å². The number of piperidine rings is 1. The van der Waals surface area contributed by atoms with Crippen LogP contribution in [0.4, 0.5) is 5.82 Å². The Kier molecular flexibility index (Phi) is 5.76. The molecule has 1 aliphatic heterocycles. The number of nitrogens with one attached hydrogen (secondary N) is 1. The number of anilines is 1. The standard InChI is InChI=1S/C24H24BrN5O3S/c1-13(31)22-15-8-7-14(34-3)9-16(15)29(28-22)12-21(32)30-17(10-24(2)11-18(24)30)23(33)27-20-6-4-5-19(25)26-20/h4-9,17-18H,10-12H2,1-3H3,(H,26,27,33)/t17-,18+,24-/m0/s1. The van der Waals surface area contributed by atoms with Crippen LogP contribution in [0.2, 0.25) is 0 Å². The van der Waals surface area contributed by atoms with E-state index in [1.165, 1.54) is 6.92 Å². The van der Waals surface area contributed by atoms with Gasteiger partial charge in [0.1, 0.15) is 28.7 Å². The number of hydrogen-bond donors (Lipinski definition) is 1. The number of aromatic nitrogens is 3. The summed E-state index contributed by atoms with van der Waals surface area (Å²) >= 11 is 4.90. The van der Waals surface area contributed by atoms with Crippen molar-refractivity contribution in [3.8, 4) is 0 Å². The molecule has 3 heterocycles. The molecule has 2 fully saturated rings. The third-order valence-corrected chi connectivity index (χ3v) is 7.94. The third-order valence-electron chi connectivity index (χ3n) is 6.77. The number of nitrogens with zero attached hydrogens (tertiary/aromatic N) is 4. The quantitative estimate of drug-likeness (QED) is 0.286. The minimum atomic E-state index is -0.576. The van der Waals surface area contributed by atoms with Crippen molar-refractivity contribution >= 4 is 62.0 Å². The number of thioether (sulfide) groups is 1. The maximum absolute atomic E-state index is 13.6. The van der Waals surface area contributed by atoms with Crippen LogP contribution in [0.5, 0.6) is 0 Å². The van der Waals surface area contributed by atoms with E-state index in [4.69, 9.17) is 0 Å². The van der Waals surface area contributed by atoms with Crippen molar-refractivity contribution in [1.29, 1.82) is 0 Å². The van der Waals surface area contributed by atoms with Crippen LogP contribution in [0, 0.1) is 5.41 Å². The monoisotopic (exact) mass is 541 g/mol. The summed E-state index contributed by atoms with van der Waals surface area (Å²) in [6.45, 7) is 3.56. The summed E-state index contributed by atoms with van der Waals surface area (Å²) in [6.07, 6.45) is 3.46. The average molecular weight is 542 g/mol. The summed E-state index contributed by atoms with van der Waals surface area (Å²) in [6, 6.07) is 10.5. The van der Waals surface area contributed by atoms with Gasteiger partial charge < -0.3 is 10.2 Å². The second-order valence-corrected chi connectivity index (χ2v) is 10.9. The number of fused-ring (bicyclic) bond motifs is 2. The number of ketones is 1. The Balaban J connectivity index is 1.42. The maximum atomic E-state index is 13.6. The average Bonchev–Trinajstić information content (AvgIpc) is 3.17. The molecule has 0 radical (unpaired) electrons. The highest BCUT2D eigenvalue weighted by molar-refractivity contribution is 9.10. The smallest absolute Gasteiger partial charge is 0.248 e. The van der Waals surface area contributed by atoms with Crippen LogP contribution < -0.4 is 5.32 Å². The molecule has 1 saturated carbocycles. The van der Waals surface area contributed by atoms with E-state index in [1.807, 2.05) is 24.5 Å². The van der Waals surface area contributed by atoms with E-state index < -0.39 is 6.04 Å². The van der Waals surface area contributed by atoms with E-state index in [0.29, 0.717) is 22.5 Å². The fourth-order valence-electron chi connectivity index (χ4n) is 4.92. The van der Waals surface area contributed by atoms with Gasteiger partial charge in [0.25, 0.3) is 0 Å².